The number of nitrogens with zero attached hydrogens (tertiary/aromatic N) is 1. The Morgan fingerprint density at radius 1 is 1.20 bits per heavy atom. The molecule has 20 heavy (non-hydrogen) atoms. The van der Waals surface area contributed by atoms with E-state index in [1.165, 1.54) is 12.1 Å². The fourth-order valence-corrected chi connectivity index (χ4v) is 1.80. The third kappa shape index (κ3) is 5.87. The fourth-order valence-electron chi connectivity index (χ4n) is 1.80. The molecule has 4 nitrogen and oxygen atoms in total. The van der Waals surface area contributed by atoms with Crippen molar-refractivity contribution in [1.29, 1.82) is 0 Å². The number of hydrogen-bond acceptors (Lipinski definition) is 3. The highest BCUT2D eigenvalue weighted by atomic mass is 16.6. The minimum absolute atomic E-state index is 0.0856. The standard InChI is InChI=1S/C16H23NO3/c1-3-5-7-9-15(8-6-4-2)20-16-12-10-14(11-13-16)17(18)19/h9-13H,3-8H2,1-2H3/b15-9-. The van der Waals surface area contributed by atoms with E-state index >= 15 is 0 Å². The lowest BCUT2D eigenvalue weighted by Crippen LogP contribution is -1.96. The van der Waals surface area contributed by atoms with Crippen molar-refractivity contribution in [2.45, 2.75) is 52.4 Å². The van der Waals surface area contributed by atoms with Gasteiger partial charge in [-0.05, 0) is 37.5 Å². The Balaban J connectivity index is 2.67. The molecule has 0 aliphatic rings. The van der Waals surface area contributed by atoms with Crippen LogP contribution in [0.25, 0.3) is 0 Å². The van der Waals surface area contributed by atoms with Gasteiger partial charge in [-0.25, -0.2) is 0 Å². The first-order chi connectivity index (χ1) is 9.67. The predicted molar refractivity (Wildman–Crippen MR) is 80.9 cm³/mol. The fraction of sp³-hybridized carbons (Fsp3) is 0.500. The maximum absolute atomic E-state index is 10.6. The molecule has 0 amide bonds. The van der Waals surface area contributed by atoms with E-state index < -0.39 is 4.92 Å². The van der Waals surface area contributed by atoms with Gasteiger partial charge in [-0.3, -0.25) is 10.1 Å². The summed E-state index contributed by atoms with van der Waals surface area (Å²) in [5.74, 6) is 1.63. The summed E-state index contributed by atoms with van der Waals surface area (Å²) in [6.07, 6.45) is 8.59. The highest BCUT2D eigenvalue weighted by Gasteiger charge is 2.06. The van der Waals surface area contributed by atoms with Gasteiger partial charge in [-0.15, -0.1) is 0 Å². The smallest absolute Gasteiger partial charge is 0.269 e. The first-order valence-electron chi connectivity index (χ1n) is 7.28. The second-order valence-corrected chi connectivity index (χ2v) is 4.77. The van der Waals surface area contributed by atoms with Crippen molar-refractivity contribution in [1.82, 2.24) is 0 Å². The van der Waals surface area contributed by atoms with Gasteiger partial charge in [0, 0.05) is 18.6 Å². The van der Waals surface area contributed by atoms with Gasteiger partial charge in [0.25, 0.3) is 5.69 Å². The monoisotopic (exact) mass is 277 g/mol. The summed E-state index contributed by atoms with van der Waals surface area (Å²) in [5.41, 5.74) is 0.0856. The number of rotatable bonds is 9. The predicted octanol–water partition coefficient (Wildman–Crippen LogP) is 5.24. The van der Waals surface area contributed by atoms with Crippen LogP contribution in [0.5, 0.6) is 5.75 Å². The van der Waals surface area contributed by atoms with Crippen LogP contribution in [0.2, 0.25) is 0 Å². The summed E-state index contributed by atoms with van der Waals surface area (Å²) in [7, 11) is 0. The molecule has 0 saturated heterocycles. The van der Waals surface area contributed by atoms with E-state index in [4.69, 9.17) is 4.74 Å². The maximum Gasteiger partial charge on any atom is 0.269 e. The van der Waals surface area contributed by atoms with Crippen molar-refractivity contribution >= 4 is 5.69 Å². The number of unbranched alkanes of at least 4 members (excludes halogenated alkanes) is 3. The Labute approximate surface area is 120 Å². The van der Waals surface area contributed by atoms with Gasteiger partial charge >= 0.3 is 0 Å². The molecule has 0 N–H and O–H groups in total. The molecule has 110 valence electrons. The highest BCUT2D eigenvalue weighted by Crippen LogP contribution is 2.21. The average Bonchev–Trinajstić information content (AvgIpc) is 2.45. The Kier molecular flexibility index (Phi) is 7.40. The van der Waals surface area contributed by atoms with Gasteiger partial charge in [-0.1, -0.05) is 26.7 Å². The zero-order valence-corrected chi connectivity index (χ0v) is 12.3. The van der Waals surface area contributed by atoms with Gasteiger partial charge in [-0.2, -0.15) is 0 Å². The number of ether oxygens (including phenoxy) is 1. The minimum atomic E-state index is -0.404. The highest BCUT2D eigenvalue weighted by molar-refractivity contribution is 5.36. The molecule has 1 aromatic rings. The molecular weight excluding hydrogens is 254 g/mol. The topological polar surface area (TPSA) is 52.4 Å². The second-order valence-electron chi connectivity index (χ2n) is 4.77. The summed E-state index contributed by atoms with van der Waals surface area (Å²) in [4.78, 5) is 10.2. The summed E-state index contributed by atoms with van der Waals surface area (Å²) < 4.78 is 5.84. The van der Waals surface area contributed by atoms with Gasteiger partial charge in [0.05, 0.1) is 4.92 Å². The van der Waals surface area contributed by atoms with Gasteiger partial charge < -0.3 is 4.74 Å². The number of nitro groups is 1. The summed E-state index contributed by atoms with van der Waals surface area (Å²) >= 11 is 0. The van der Waals surface area contributed by atoms with Crippen LogP contribution in [-0.4, -0.2) is 4.92 Å². The van der Waals surface area contributed by atoms with Crippen LogP contribution in [0.3, 0.4) is 0 Å². The van der Waals surface area contributed by atoms with E-state index in [2.05, 4.69) is 19.9 Å². The molecular formula is C16H23NO3. The van der Waals surface area contributed by atoms with E-state index in [1.807, 2.05) is 0 Å². The minimum Gasteiger partial charge on any atom is -0.462 e. The maximum atomic E-state index is 10.6. The van der Waals surface area contributed by atoms with Gasteiger partial charge in [0.2, 0.25) is 0 Å². The van der Waals surface area contributed by atoms with Crippen LogP contribution in [0, 0.1) is 10.1 Å². The summed E-state index contributed by atoms with van der Waals surface area (Å²) in [6, 6.07) is 6.24. The zero-order valence-electron chi connectivity index (χ0n) is 12.3. The number of non-ortho nitro benzene ring substituents is 1. The number of hydrogen-bond donors (Lipinski definition) is 0. The molecule has 0 aromatic heterocycles. The van der Waals surface area contributed by atoms with E-state index in [9.17, 15) is 10.1 Å². The third-order valence-corrected chi connectivity index (χ3v) is 3.00. The Morgan fingerprint density at radius 2 is 1.85 bits per heavy atom. The van der Waals surface area contributed by atoms with Crippen molar-refractivity contribution < 1.29 is 9.66 Å². The molecule has 0 fully saturated rings. The Morgan fingerprint density at radius 3 is 2.40 bits per heavy atom. The normalized spacial score (nSPS) is 11.4. The summed E-state index contributed by atoms with van der Waals surface area (Å²) in [5, 5.41) is 10.6. The summed E-state index contributed by atoms with van der Waals surface area (Å²) in [6.45, 7) is 4.31. The molecule has 0 spiro atoms. The first-order valence-corrected chi connectivity index (χ1v) is 7.28. The van der Waals surface area contributed by atoms with Crippen molar-refractivity contribution in [2.24, 2.45) is 0 Å². The van der Waals surface area contributed by atoms with Crippen LogP contribution >= 0.6 is 0 Å². The van der Waals surface area contributed by atoms with Gasteiger partial charge in [0.1, 0.15) is 11.5 Å². The van der Waals surface area contributed by atoms with Crippen LogP contribution < -0.4 is 4.74 Å². The molecule has 1 rings (SSSR count). The van der Waals surface area contributed by atoms with Crippen LogP contribution in [-0.2, 0) is 0 Å². The van der Waals surface area contributed by atoms with Gasteiger partial charge in [0.15, 0.2) is 0 Å². The van der Waals surface area contributed by atoms with E-state index in [0.29, 0.717) is 5.75 Å². The lowest BCUT2D eigenvalue weighted by Gasteiger charge is -2.10. The second kappa shape index (κ2) is 9.13. The molecule has 0 bridgehead atoms. The molecule has 0 unspecified atom stereocenters. The molecule has 0 atom stereocenters. The van der Waals surface area contributed by atoms with Crippen molar-refractivity contribution in [3.8, 4) is 5.75 Å². The molecule has 0 aliphatic heterocycles. The third-order valence-electron chi connectivity index (χ3n) is 3.00. The molecule has 4 heteroatoms. The molecule has 0 saturated carbocycles. The number of nitro benzene ring substituents is 1. The molecule has 1 aromatic carbocycles. The number of benzene rings is 1. The average molecular weight is 277 g/mol. The largest absolute Gasteiger partial charge is 0.462 e. The number of allylic oxidation sites excluding steroid dienone is 2. The van der Waals surface area contributed by atoms with Crippen molar-refractivity contribution in [3.05, 3.63) is 46.2 Å². The first kappa shape index (κ1) is 16.2. The van der Waals surface area contributed by atoms with E-state index in [-0.39, 0.29) is 5.69 Å². The molecule has 0 heterocycles. The molecule has 0 radical (unpaired) electrons. The van der Waals surface area contributed by atoms with E-state index in [1.54, 1.807) is 12.1 Å². The van der Waals surface area contributed by atoms with Crippen LogP contribution in [0.1, 0.15) is 52.4 Å². The quantitative estimate of drug-likeness (QED) is 0.268. The van der Waals surface area contributed by atoms with Crippen LogP contribution in [0.15, 0.2) is 36.1 Å². The van der Waals surface area contributed by atoms with E-state index in [0.717, 1.165) is 44.3 Å². The lowest BCUT2D eigenvalue weighted by atomic mass is 10.1. The Hall–Kier alpha value is -1.84. The zero-order chi connectivity index (χ0) is 14.8. The lowest BCUT2D eigenvalue weighted by molar-refractivity contribution is -0.384. The molecule has 0 aliphatic carbocycles. The SMILES string of the molecule is CCCC/C=C(/CCCC)Oc1ccc([N+](=O)[O-])cc1. The van der Waals surface area contributed by atoms with Crippen molar-refractivity contribution in [3.63, 3.8) is 0 Å². The Bertz CT molecular complexity index is 438. The van der Waals surface area contributed by atoms with Crippen molar-refractivity contribution in [2.75, 3.05) is 0 Å². The van der Waals surface area contributed by atoms with Crippen LogP contribution in [0.4, 0.5) is 5.69 Å².